The largest absolute Gasteiger partial charge is 0.463 e. The van der Waals surface area contributed by atoms with Crippen LogP contribution in [0.5, 0.6) is 0 Å². The number of benzene rings is 1. The summed E-state index contributed by atoms with van der Waals surface area (Å²) >= 11 is 3.43. The Labute approximate surface area is 159 Å². The molecule has 1 N–H and O–H groups in total. The van der Waals surface area contributed by atoms with Crippen LogP contribution in [0.25, 0.3) is 11.5 Å². The van der Waals surface area contributed by atoms with E-state index in [-0.39, 0.29) is 11.5 Å². The normalized spacial score (nSPS) is 11.4. The second-order valence-corrected chi connectivity index (χ2v) is 7.28. The van der Waals surface area contributed by atoms with Gasteiger partial charge in [-0.3, -0.25) is 9.59 Å². The summed E-state index contributed by atoms with van der Waals surface area (Å²) in [6.45, 7) is 5.23. The van der Waals surface area contributed by atoms with Gasteiger partial charge in [0, 0.05) is 16.2 Å². The van der Waals surface area contributed by atoms with E-state index in [4.69, 9.17) is 4.42 Å². The molecule has 3 rings (SSSR count). The molecule has 0 aliphatic carbocycles. The molecule has 6 nitrogen and oxygen atoms in total. The first-order valence-electron chi connectivity index (χ1n) is 8.01. The summed E-state index contributed by atoms with van der Waals surface area (Å²) in [6, 6.07) is 11.9. The standard InChI is InChI=1S/C19H18BrN3O3/c1-12-11-13(6-7-14(12)20)21-18(25)19(2,3)23-17(24)9-8-15(22-23)16-5-4-10-26-16/h4-11H,1-3H3,(H,21,25). The summed E-state index contributed by atoms with van der Waals surface area (Å²) in [5, 5.41) is 7.17. The number of rotatable bonds is 4. The van der Waals surface area contributed by atoms with Gasteiger partial charge >= 0.3 is 0 Å². The van der Waals surface area contributed by atoms with E-state index in [1.54, 1.807) is 38.1 Å². The third-order valence-corrected chi connectivity index (χ3v) is 4.96. The van der Waals surface area contributed by atoms with Gasteiger partial charge in [0.15, 0.2) is 5.76 Å². The Morgan fingerprint density at radius 2 is 2.00 bits per heavy atom. The Morgan fingerprint density at radius 3 is 2.65 bits per heavy atom. The molecule has 1 aromatic carbocycles. The van der Waals surface area contributed by atoms with E-state index in [2.05, 4.69) is 26.3 Å². The van der Waals surface area contributed by atoms with Crippen LogP contribution in [0.1, 0.15) is 19.4 Å². The van der Waals surface area contributed by atoms with Gasteiger partial charge in [-0.2, -0.15) is 5.10 Å². The number of nitrogens with zero attached hydrogens (tertiary/aromatic N) is 2. The number of halogens is 1. The molecule has 134 valence electrons. The van der Waals surface area contributed by atoms with Crippen molar-refractivity contribution in [3.05, 3.63) is 69.1 Å². The number of aryl methyl sites for hydroxylation is 1. The van der Waals surface area contributed by atoms with Gasteiger partial charge in [-0.05, 0) is 62.7 Å². The Bertz CT molecular complexity index is 1010. The first-order chi connectivity index (χ1) is 12.3. The van der Waals surface area contributed by atoms with Gasteiger partial charge in [0.25, 0.3) is 11.5 Å². The molecule has 0 saturated carbocycles. The second-order valence-electron chi connectivity index (χ2n) is 6.42. The Morgan fingerprint density at radius 1 is 1.23 bits per heavy atom. The zero-order valence-electron chi connectivity index (χ0n) is 14.6. The van der Waals surface area contributed by atoms with Crippen LogP contribution in [0.4, 0.5) is 5.69 Å². The van der Waals surface area contributed by atoms with Crippen molar-refractivity contribution in [3.63, 3.8) is 0 Å². The highest BCUT2D eigenvalue weighted by molar-refractivity contribution is 9.10. The smallest absolute Gasteiger partial charge is 0.267 e. The quantitative estimate of drug-likeness (QED) is 0.699. The number of hydrogen-bond donors (Lipinski definition) is 1. The lowest BCUT2D eigenvalue weighted by Crippen LogP contribution is -2.47. The molecule has 0 unspecified atom stereocenters. The first kappa shape index (κ1) is 18.1. The molecule has 0 aliphatic rings. The first-order valence-corrected chi connectivity index (χ1v) is 8.80. The predicted molar refractivity (Wildman–Crippen MR) is 103 cm³/mol. The van der Waals surface area contributed by atoms with E-state index in [0.29, 0.717) is 17.1 Å². The van der Waals surface area contributed by atoms with Gasteiger partial charge in [0.05, 0.1) is 6.26 Å². The highest BCUT2D eigenvalue weighted by Gasteiger charge is 2.32. The number of carbonyl (C=O) groups is 1. The SMILES string of the molecule is Cc1cc(NC(=O)C(C)(C)n2nc(-c3ccco3)ccc2=O)ccc1Br. The van der Waals surface area contributed by atoms with Gasteiger partial charge in [0.1, 0.15) is 11.2 Å². The maximum Gasteiger partial charge on any atom is 0.267 e. The van der Waals surface area contributed by atoms with Crippen molar-refractivity contribution in [2.45, 2.75) is 26.3 Å². The van der Waals surface area contributed by atoms with Crippen molar-refractivity contribution in [1.82, 2.24) is 9.78 Å². The highest BCUT2D eigenvalue weighted by Crippen LogP contribution is 2.23. The Balaban J connectivity index is 1.93. The van der Waals surface area contributed by atoms with Crippen molar-refractivity contribution in [1.29, 1.82) is 0 Å². The monoisotopic (exact) mass is 415 g/mol. The van der Waals surface area contributed by atoms with Gasteiger partial charge < -0.3 is 9.73 Å². The van der Waals surface area contributed by atoms with E-state index in [1.165, 1.54) is 17.0 Å². The summed E-state index contributed by atoms with van der Waals surface area (Å²) in [6.07, 6.45) is 1.53. The van der Waals surface area contributed by atoms with Crippen LogP contribution in [0.3, 0.4) is 0 Å². The average molecular weight is 416 g/mol. The molecule has 0 atom stereocenters. The molecule has 0 fully saturated rings. The Hall–Kier alpha value is -2.67. The van der Waals surface area contributed by atoms with Gasteiger partial charge in [-0.25, -0.2) is 4.68 Å². The lowest BCUT2D eigenvalue weighted by Gasteiger charge is -2.25. The molecule has 2 aromatic heterocycles. The number of furan rings is 1. The lowest BCUT2D eigenvalue weighted by atomic mass is 10.0. The number of hydrogen-bond acceptors (Lipinski definition) is 4. The molecule has 3 aromatic rings. The molecular formula is C19H18BrN3O3. The minimum atomic E-state index is -1.19. The molecule has 0 saturated heterocycles. The molecule has 0 spiro atoms. The summed E-state index contributed by atoms with van der Waals surface area (Å²) in [5.41, 5.74) is 0.567. The molecule has 7 heteroatoms. The van der Waals surface area contributed by atoms with Gasteiger partial charge in [0.2, 0.25) is 0 Å². The van der Waals surface area contributed by atoms with E-state index in [1.807, 2.05) is 19.1 Å². The second kappa shape index (κ2) is 6.92. The molecule has 0 bridgehead atoms. The fourth-order valence-electron chi connectivity index (χ4n) is 2.47. The van der Waals surface area contributed by atoms with E-state index >= 15 is 0 Å². The van der Waals surface area contributed by atoms with E-state index in [0.717, 1.165) is 10.0 Å². The minimum absolute atomic E-state index is 0.342. The Kier molecular flexibility index (Phi) is 4.82. The lowest BCUT2D eigenvalue weighted by molar-refractivity contribution is -0.123. The van der Waals surface area contributed by atoms with Crippen LogP contribution >= 0.6 is 15.9 Å². The summed E-state index contributed by atoms with van der Waals surface area (Å²) in [4.78, 5) is 25.2. The van der Waals surface area contributed by atoms with E-state index < -0.39 is 5.54 Å². The van der Waals surface area contributed by atoms with Crippen molar-refractivity contribution < 1.29 is 9.21 Å². The zero-order chi connectivity index (χ0) is 18.9. The molecule has 0 aliphatic heterocycles. The maximum atomic E-state index is 12.8. The van der Waals surface area contributed by atoms with E-state index in [9.17, 15) is 9.59 Å². The van der Waals surface area contributed by atoms with Crippen molar-refractivity contribution >= 4 is 27.5 Å². The van der Waals surface area contributed by atoms with Gasteiger partial charge in [-0.15, -0.1) is 0 Å². The van der Waals surface area contributed by atoms with Gasteiger partial charge in [-0.1, -0.05) is 15.9 Å². The van der Waals surface area contributed by atoms with Crippen LogP contribution in [0.15, 0.2) is 62.4 Å². The van der Waals surface area contributed by atoms with Crippen molar-refractivity contribution in [2.75, 3.05) is 5.32 Å². The summed E-state index contributed by atoms with van der Waals surface area (Å²) in [5.74, 6) is 0.184. The zero-order valence-corrected chi connectivity index (χ0v) is 16.2. The topological polar surface area (TPSA) is 77.1 Å². The fourth-order valence-corrected chi connectivity index (χ4v) is 2.72. The molecular weight excluding hydrogens is 398 g/mol. The van der Waals surface area contributed by atoms with Crippen molar-refractivity contribution in [2.24, 2.45) is 0 Å². The predicted octanol–water partition coefficient (Wildman–Crippen LogP) is 3.95. The number of amides is 1. The summed E-state index contributed by atoms with van der Waals surface area (Å²) < 4.78 is 7.45. The molecule has 2 heterocycles. The highest BCUT2D eigenvalue weighted by atomic mass is 79.9. The number of carbonyl (C=O) groups excluding carboxylic acids is 1. The third-order valence-electron chi connectivity index (χ3n) is 4.07. The van der Waals surface area contributed by atoms with Crippen LogP contribution in [0.2, 0.25) is 0 Å². The van der Waals surface area contributed by atoms with Crippen molar-refractivity contribution in [3.8, 4) is 11.5 Å². The van der Waals surface area contributed by atoms with Crippen LogP contribution in [-0.4, -0.2) is 15.7 Å². The molecule has 26 heavy (non-hydrogen) atoms. The third kappa shape index (κ3) is 3.48. The van der Waals surface area contributed by atoms with Crippen LogP contribution < -0.4 is 10.9 Å². The number of aromatic nitrogens is 2. The van der Waals surface area contributed by atoms with Crippen LogP contribution in [0, 0.1) is 6.92 Å². The molecule has 0 radical (unpaired) electrons. The summed E-state index contributed by atoms with van der Waals surface area (Å²) in [7, 11) is 0. The average Bonchev–Trinajstić information content (AvgIpc) is 3.13. The minimum Gasteiger partial charge on any atom is -0.463 e. The fraction of sp³-hybridized carbons (Fsp3) is 0.211. The number of nitrogens with one attached hydrogen (secondary N) is 1. The maximum absolute atomic E-state index is 12.8. The number of anilines is 1. The van der Waals surface area contributed by atoms with Crippen LogP contribution in [-0.2, 0) is 10.3 Å². The molecule has 1 amide bonds.